The fourth-order valence-electron chi connectivity index (χ4n) is 2.78. The highest BCUT2D eigenvalue weighted by Gasteiger charge is 2.11. The summed E-state index contributed by atoms with van der Waals surface area (Å²) in [5.74, 6) is 0.372. The molecule has 0 aliphatic carbocycles. The number of ether oxygens (including phenoxy) is 1. The summed E-state index contributed by atoms with van der Waals surface area (Å²) in [5.41, 5.74) is 2.75. The van der Waals surface area contributed by atoms with Gasteiger partial charge in [-0.15, -0.1) is 0 Å². The lowest BCUT2D eigenvalue weighted by Gasteiger charge is -2.09. The predicted molar refractivity (Wildman–Crippen MR) is 98.0 cm³/mol. The number of fused-ring (bicyclic) bond motifs is 2. The minimum atomic E-state index is -0.190. The Hall–Kier alpha value is -3.47. The number of nitrogens with one attached hydrogen (secondary N) is 1. The van der Waals surface area contributed by atoms with Gasteiger partial charge in [0.1, 0.15) is 0 Å². The highest BCUT2D eigenvalue weighted by Crippen LogP contribution is 2.22. The maximum absolute atomic E-state index is 12.7. The SMILES string of the molecule is COc1ccc2cc(NC(=O)c3cccc4cccnc34)ccc2n1. The van der Waals surface area contributed by atoms with Crippen molar-refractivity contribution in [3.63, 3.8) is 0 Å². The molecular formula is C20H15N3O2. The Bertz CT molecular complexity index is 1090. The zero-order valence-electron chi connectivity index (χ0n) is 13.6. The molecule has 0 aliphatic rings. The standard InChI is InChI=1S/C20H15N3O2/c1-25-18-10-7-14-12-15(8-9-17(14)23-18)22-20(24)16-6-2-4-13-5-3-11-21-19(13)16/h2-12H,1H3,(H,22,24). The molecule has 25 heavy (non-hydrogen) atoms. The van der Waals surface area contributed by atoms with Crippen molar-refractivity contribution in [2.45, 2.75) is 0 Å². The van der Waals surface area contributed by atoms with Crippen molar-refractivity contribution < 1.29 is 9.53 Å². The summed E-state index contributed by atoms with van der Waals surface area (Å²) in [6.45, 7) is 0. The quantitative estimate of drug-likeness (QED) is 0.616. The van der Waals surface area contributed by atoms with Crippen molar-refractivity contribution in [2.75, 3.05) is 12.4 Å². The average Bonchev–Trinajstić information content (AvgIpc) is 2.67. The highest BCUT2D eigenvalue weighted by atomic mass is 16.5. The number of carbonyl (C=O) groups is 1. The first kappa shape index (κ1) is 15.1. The van der Waals surface area contributed by atoms with Gasteiger partial charge in [-0.2, -0.15) is 0 Å². The first-order valence-corrected chi connectivity index (χ1v) is 7.84. The molecule has 1 amide bonds. The van der Waals surface area contributed by atoms with Gasteiger partial charge < -0.3 is 10.1 Å². The molecule has 4 aromatic rings. The first-order chi connectivity index (χ1) is 12.2. The van der Waals surface area contributed by atoms with Crippen LogP contribution in [0.15, 0.2) is 66.9 Å². The molecule has 0 bridgehead atoms. The minimum Gasteiger partial charge on any atom is -0.481 e. The number of para-hydroxylation sites is 1. The van der Waals surface area contributed by atoms with Crippen LogP contribution in [0.2, 0.25) is 0 Å². The zero-order chi connectivity index (χ0) is 17.2. The second kappa shape index (κ2) is 6.20. The highest BCUT2D eigenvalue weighted by molar-refractivity contribution is 6.12. The lowest BCUT2D eigenvalue weighted by molar-refractivity contribution is 0.102. The Morgan fingerprint density at radius 1 is 1.00 bits per heavy atom. The van der Waals surface area contributed by atoms with Crippen LogP contribution >= 0.6 is 0 Å². The third-order valence-corrected chi connectivity index (χ3v) is 4.01. The van der Waals surface area contributed by atoms with E-state index in [4.69, 9.17) is 4.74 Å². The third-order valence-electron chi connectivity index (χ3n) is 4.01. The molecule has 5 heteroatoms. The van der Waals surface area contributed by atoms with Crippen molar-refractivity contribution in [2.24, 2.45) is 0 Å². The van der Waals surface area contributed by atoms with E-state index in [9.17, 15) is 4.79 Å². The maximum Gasteiger partial charge on any atom is 0.257 e. The average molecular weight is 329 g/mol. The van der Waals surface area contributed by atoms with Crippen LogP contribution in [0.1, 0.15) is 10.4 Å². The van der Waals surface area contributed by atoms with Gasteiger partial charge in [0, 0.05) is 28.7 Å². The summed E-state index contributed by atoms with van der Waals surface area (Å²) in [6, 6.07) is 18.6. The number of hydrogen-bond donors (Lipinski definition) is 1. The molecule has 0 aliphatic heterocycles. The number of benzene rings is 2. The van der Waals surface area contributed by atoms with Crippen LogP contribution in [-0.4, -0.2) is 23.0 Å². The number of hydrogen-bond acceptors (Lipinski definition) is 4. The summed E-state index contributed by atoms with van der Waals surface area (Å²) < 4.78 is 5.13. The molecule has 122 valence electrons. The Morgan fingerprint density at radius 3 is 2.76 bits per heavy atom. The minimum absolute atomic E-state index is 0.190. The summed E-state index contributed by atoms with van der Waals surface area (Å²) in [5, 5.41) is 4.79. The van der Waals surface area contributed by atoms with Crippen molar-refractivity contribution in [1.82, 2.24) is 9.97 Å². The number of rotatable bonds is 3. The summed E-state index contributed by atoms with van der Waals surface area (Å²) in [4.78, 5) is 21.4. The molecule has 0 unspecified atom stereocenters. The number of pyridine rings is 2. The van der Waals surface area contributed by atoms with E-state index in [0.29, 0.717) is 22.6 Å². The Kier molecular flexibility index (Phi) is 3.74. The van der Waals surface area contributed by atoms with Gasteiger partial charge in [0.05, 0.1) is 23.7 Å². The van der Waals surface area contributed by atoms with Gasteiger partial charge in [0.2, 0.25) is 5.88 Å². The molecule has 0 atom stereocenters. The molecule has 0 saturated carbocycles. The van der Waals surface area contributed by atoms with Gasteiger partial charge in [0.25, 0.3) is 5.91 Å². The number of nitrogens with zero attached hydrogens (tertiary/aromatic N) is 2. The summed E-state index contributed by atoms with van der Waals surface area (Å²) in [7, 11) is 1.58. The van der Waals surface area contributed by atoms with Crippen molar-refractivity contribution in [3.8, 4) is 5.88 Å². The van der Waals surface area contributed by atoms with Crippen LogP contribution in [0.4, 0.5) is 5.69 Å². The Labute approximate surface area is 144 Å². The van der Waals surface area contributed by atoms with Crippen molar-refractivity contribution in [1.29, 1.82) is 0 Å². The maximum atomic E-state index is 12.7. The predicted octanol–water partition coefficient (Wildman–Crippen LogP) is 4.04. The first-order valence-electron chi connectivity index (χ1n) is 7.84. The van der Waals surface area contributed by atoms with Gasteiger partial charge in [-0.05, 0) is 36.4 Å². The van der Waals surface area contributed by atoms with Crippen LogP contribution in [0.5, 0.6) is 5.88 Å². The number of aromatic nitrogens is 2. The second-order valence-corrected chi connectivity index (χ2v) is 5.60. The smallest absolute Gasteiger partial charge is 0.257 e. The van der Waals surface area contributed by atoms with Crippen LogP contribution in [-0.2, 0) is 0 Å². The monoisotopic (exact) mass is 329 g/mol. The fraction of sp³-hybridized carbons (Fsp3) is 0.0500. The lowest BCUT2D eigenvalue weighted by atomic mass is 10.1. The molecule has 0 saturated heterocycles. The molecule has 5 nitrogen and oxygen atoms in total. The second-order valence-electron chi connectivity index (χ2n) is 5.60. The van der Waals surface area contributed by atoms with Crippen molar-refractivity contribution >= 4 is 33.4 Å². The van der Waals surface area contributed by atoms with Gasteiger partial charge >= 0.3 is 0 Å². The van der Waals surface area contributed by atoms with E-state index in [-0.39, 0.29) is 5.91 Å². The molecule has 2 aromatic heterocycles. The molecule has 2 aromatic carbocycles. The zero-order valence-corrected chi connectivity index (χ0v) is 13.6. The van der Waals surface area contributed by atoms with Gasteiger partial charge in [0.15, 0.2) is 0 Å². The Balaban J connectivity index is 1.67. The van der Waals surface area contributed by atoms with Crippen LogP contribution in [0.3, 0.4) is 0 Å². The van der Waals surface area contributed by atoms with Gasteiger partial charge in [-0.25, -0.2) is 4.98 Å². The van der Waals surface area contributed by atoms with E-state index >= 15 is 0 Å². The molecule has 1 N–H and O–H groups in total. The molecular weight excluding hydrogens is 314 g/mol. The fourth-order valence-corrected chi connectivity index (χ4v) is 2.78. The van der Waals surface area contributed by atoms with Crippen LogP contribution in [0.25, 0.3) is 21.8 Å². The molecule has 0 radical (unpaired) electrons. The van der Waals surface area contributed by atoms with E-state index in [0.717, 1.165) is 16.3 Å². The molecule has 0 fully saturated rings. The third kappa shape index (κ3) is 2.87. The van der Waals surface area contributed by atoms with Crippen LogP contribution < -0.4 is 10.1 Å². The summed E-state index contributed by atoms with van der Waals surface area (Å²) >= 11 is 0. The van der Waals surface area contributed by atoms with E-state index in [1.165, 1.54) is 0 Å². The topological polar surface area (TPSA) is 64.1 Å². The van der Waals surface area contributed by atoms with Gasteiger partial charge in [-0.3, -0.25) is 9.78 Å². The number of methoxy groups -OCH3 is 1. The number of carbonyl (C=O) groups excluding carboxylic acids is 1. The molecule has 0 spiro atoms. The largest absolute Gasteiger partial charge is 0.481 e. The van der Waals surface area contributed by atoms with Gasteiger partial charge in [-0.1, -0.05) is 18.2 Å². The van der Waals surface area contributed by atoms with E-state index in [1.54, 1.807) is 25.4 Å². The lowest BCUT2D eigenvalue weighted by Crippen LogP contribution is -2.12. The van der Waals surface area contributed by atoms with E-state index < -0.39 is 0 Å². The van der Waals surface area contributed by atoms with E-state index in [2.05, 4.69) is 15.3 Å². The number of amides is 1. The number of anilines is 1. The summed E-state index contributed by atoms with van der Waals surface area (Å²) in [6.07, 6.45) is 1.69. The normalized spacial score (nSPS) is 10.8. The molecule has 4 rings (SSSR count). The molecule has 2 heterocycles. The van der Waals surface area contributed by atoms with Crippen LogP contribution in [0, 0.1) is 0 Å². The van der Waals surface area contributed by atoms with Crippen molar-refractivity contribution in [3.05, 3.63) is 72.4 Å². The van der Waals surface area contributed by atoms with E-state index in [1.807, 2.05) is 48.5 Å². The Morgan fingerprint density at radius 2 is 1.88 bits per heavy atom.